The molecule has 0 N–H and O–H groups in total. The molecular formula is C42H39F3N2O7S2. The molecule has 2 atom stereocenters. The Bertz CT molecular complexity index is 2410. The first kappa shape index (κ1) is 40.4. The largest absolute Gasteiger partial charge is 0.467 e. The third kappa shape index (κ3) is 8.88. The lowest BCUT2D eigenvalue weighted by Gasteiger charge is -2.35. The van der Waals surface area contributed by atoms with Gasteiger partial charge in [0, 0.05) is 37.4 Å². The highest BCUT2D eigenvalue weighted by molar-refractivity contribution is 7.93. The van der Waals surface area contributed by atoms with Crippen LogP contribution in [0, 0.1) is 0 Å². The molecule has 0 aliphatic carbocycles. The van der Waals surface area contributed by atoms with Crippen molar-refractivity contribution in [1.29, 1.82) is 0 Å². The van der Waals surface area contributed by atoms with Crippen LogP contribution in [0.2, 0.25) is 0 Å². The van der Waals surface area contributed by atoms with Gasteiger partial charge in [0.25, 0.3) is 5.91 Å². The Kier molecular flexibility index (Phi) is 11.8. The fraction of sp³-hybridized carbons (Fsp3) is 0.238. The van der Waals surface area contributed by atoms with Crippen molar-refractivity contribution in [3.63, 3.8) is 0 Å². The average molecular weight is 805 g/mol. The summed E-state index contributed by atoms with van der Waals surface area (Å²) in [6, 6.07) is 31.2. The molecule has 0 spiro atoms. The number of methoxy groups -OCH3 is 1. The van der Waals surface area contributed by atoms with Crippen LogP contribution >= 0.6 is 0 Å². The van der Waals surface area contributed by atoms with Crippen LogP contribution < -0.4 is 0 Å². The van der Waals surface area contributed by atoms with Crippen LogP contribution in [0.15, 0.2) is 137 Å². The number of rotatable bonds is 12. The lowest BCUT2D eigenvalue weighted by molar-refractivity contribution is -0.146. The van der Waals surface area contributed by atoms with Gasteiger partial charge in [-0.15, -0.1) is 0 Å². The monoisotopic (exact) mass is 804 g/mol. The molecule has 56 heavy (non-hydrogen) atoms. The Morgan fingerprint density at radius 3 is 1.82 bits per heavy atom. The van der Waals surface area contributed by atoms with Crippen molar-refractivity contribution in [2.24, 2.45) is 0 Å². The van der Waals surface area contributed by atoms with Crippen LogP contribution in [0.3, 0.4) is 0 Å². The molecule has 292 valence electrons. The molecule has 1 fully saturated rings. The number of sulfone groups is 1. The second-order valence-electron chi connectivity index (χ2n) is 13.5. The van der Waals surface area contributed by atoms with Gasteiger partial charge in [-0.05, 0) is 77.1 Å². The molecule has 9 nitrogen and oxygen atoms in total. The fourth-order valence-electron chi connectivity index (χ4n) is 6.95. The zero-order valence-electron chi connectivity index (χ0n) is 30.5. The molecule has 14 heteroatoms. The zero-order chi connectivity index (χ0) is 40.3. The summed E-state index contributed by atoms with van der Waals surface area (Å²) in [6.07, 6.45) is -2.81. The smallest absolute Gasteiger partial charge is 0.416 e. The van der Waals surface area contributed by atoms with Gasteiger partial charge in [-0.25, -0.2) is 21.6 Å². The predicted molar refractivity (Wildman–Crippen MR) is 206 cm³/mol. The van der Waals surface area contributed by atoms with E-state index in [-0.39, 0.29) is 34.9 Å². The van der Waals surface area contributed by atoms with E-state index in [1.165, 1.54) is 64.8 Å². The number of carbonyl (C=O) groups is 2. The zero-order valence-corrected chi connectivity index (χ0v) is 32.2. The van der Waals surface area contributed by atoms with Gasteiger partial charge >= 0.3 is 12.1 Å². The number of sulfonamides is 1. The Balaban J connectivity index is 1.36. The van der Waals surface area contributed by atoms with Crippen LogP contribution in [0.4, 0.5) is 13.2 Å². The molecular weight excluding hydrogens is 766 g/mol. The van der Waals surface area contributed by atoms with Gasteiger partial charge in [-0.3, -0.25) is 4.79 Å². The topological polar surface area (TPSA) is 118 Å². The lowest BCUT2D eigenvalue weighted by Crippen LogP contribution is -2.52. The third-order valence-corrected chi connectivity index (χ3v) is 13.1. The van der Waals surface area contributed by atoms with E-state index in [1.54, 1.807) is 12.1 Å². The van der Waals surface area contributed by atoms with Crippen molar-refractivity contribution >= 4 is 31.7 Å². The maximum absolute atomic E-state index is 14.6. The molecule has 0 radical (unpaired) electrons. The second-order valence-corrected chi connectivity index (χ2v) is 17.4. The SMILES string of the molecule is COC(=O)C(Cc1ccc(-c2ccccc2)cc1)N(CC1CCCN1S(=O)(=O)c1ccccc1S(C)(=O)=O)C(=O)c1ccc(-c2ccc(C(F)(F)F)cc2)cc1. The van der Waals surface area contributed by atoms with E-state index >= 15 is 0 Å². The number of benzene rings is 5. The summed E-state index contributed by atoms with van der Waals surface area (Å²) in [6.45, 7) is -0.180. The van der Waals surface area contributed by atoms with Gasteiger partial charge in [0.2, 0.25) is 10.0 Å². The average Bonchev–Trinajstić information content (AvgIpc) is 3.68. The van der Waals surface area contributed by atoms with E-state index in [0.29, 0.717) is 29.5 Å². The summed E-state index contributed by atoms with van der Waals surface area (Å²) in [5.74, 6) is -1.34. The number of halogens is 3. The first-order chi connectivity index (χ1) is 26.6. The Morgan fingerprint density at radius 2 is 1.27 bits per heavy atom. The molecule has 0 saturated carbocycles. The summed E-state index contributed by atoms with van der Waals surface area (Å²) in [7, 11) is -7.13. The summed E-state index contributed by atoms with van der Waals surface area (Å²) < 4.78 is 99.5. The summed E-state index contributed by atoms with van der Waals surface area (Å²) in [4.78, 5) is 28.8. The van der Waals surface area contributed by atoms with Crippen molar-refractivity contribution in [1.82, 2.24) is 9.21 Å². The van der Waals surface area contributed by atoms with E-state index in [1.807, 2.05) is 54.6 Å². The van der Waals surface area contributed by atoms with E-state index in [2.05, 4.69) is 0 Å². The van der Waals surface area contributed by atoms with Crippen LogP contribution in [0.1, 0.15) is 34.3 Å². The normalized spacial score (nSPS) is 15.6. The highest BCUT2D eigenvalue weighted by atomic mass is 32.2. The Hall–Kier alpha value is -5.31. The molecule has 5 aromatic carbocycles. The molecule has 0 aromatic heterocycles. The Morgan fingerprint density at radius 1 is 0.750 bits per heavy atom. The van der Waals surface area contributed by atoms with Gasteiger partial charge in [-0.2, -0.15) is 17.5 Å². The number of nitrogens with zero attached hydrogens (tertiary/aromatic N) is 2. The van der Waals surface area contributed by atoms with E-state index in [0.717, 1.165) is 29.5 Å². The minimum Gasteiger partial charge on any atom is -0.467 e. The quantitative estimate of drug-likeness (QED) is 0.120. The standard InChI is InChI=1S/C42H39F3N2O7S2/c1-54-41(49)37(27-29-14-16-31(17-15-29)30-9-4-3-5-10-30)46(40(48)34-20-18-32(19-21-34)33-22-24-35(25-23-33)42(43,44)45)28-36-11-8-26-47(36)56(52,53)39-13-7-6-12-38(39)55(2,50)51/h3-7,9-10,12-25,36-37H,8,11,26-28H2,1-2H3. The number of hydrogen-bond donors (Lipinski definition) is 0. The van der Waals surface area contributed by atoms with Gasteiger partial charge in [0.05, 0.1) is 17.6 Å². The fourth-order valence-corrected chi connectivity index (χ4v) is 10.2. The van der Waals surface area contributed by atoms with Crippen LogP contribution in [0.5, 0.6) is 0 Å². The first-order valence-electron chi connectivity index (χ1n) is 17.7. The summed E-state index contributed by atoms with van der Waals surface area (Å²) >= 11 is 0. The number of alkyl halides is 3. The number of carbonyl (C=O) groups excluding carboxylic acids is 2. The molecule has 0 bridgehead atoms. The minimum absolute atomic E-state index is 0.0213. The molecule has 1 heterocycles. The molecule has 2 unspecified atom stereocenters. The van der Waals surface area contributed by atoms with Gasteiger partial charge < -0.3 is 9.64 Å². The minimum atomic E-state index is -4.50. The van der Waals surface area contributed by atoms with Crippen molar-refractivity contribution in [3.8, 4) is 22.3 Å². The van der Waals surface area contributed by atoms with Gasteiger partial charge in [0.15, 0.2) is 9.84 Å². The second kappa shape index (κ2) is 16.4. The molecule has 1 saturated heterocycles. The first-order valence-corrected chi connectivity index (χ1v) is 21.0. The molecule has 1 aliphatic rings. The molecule has 6 rings (SSSR count). The Labute approximate surface area is 324 Å². The van der Waals surface area contributed by atoms with Crippen LogP contribution in [0.25, 0.3) is 22.3 Å². The van der Waals surface area contributed by atoms with Crippen LogP contribution in [-0.4, -0.2) is 76.5 Å². The van der Waals surface area contributed by atoms with Crippen molar-refractivity contribution in [3.05, 3.63) is 144 Å². The maximum Gasteiger partial charge on any atom is 0.416 e. The number of ether oxygens (including phenoxy) is 1. The van der Waals surface area contributed by atoms with Crippen LogP contribution in [-0.2, 0) is 42.0 Å². The van der Waals surface area contributed by atoms with Crippen molar-refractivity contribution < 1.29 is 44.3 Å². The molecule has 1 aliphatic heterocycles. The number of hydrogen-bond acceptors (Lipinski definition) is 7. The summed E-state index contributed by atoms with van der Waals surface area (Å²) in [5, 5.41) is 0. The predicted octanol–water partition coefficient (Wildman–Crippen LogP) is 7.52. The lowest BCUT2D eigenvalue weighted by atomic mass is 9.98. The highest BCUT2D eigenvalue weighted by Crippen LogP contribution is 2.33. The highest BCUT2D eigenvalue weighted by Gasteiger charge is 2.41. The maximum atomic E-state index is 14.6. The third-order valence-electron chi connectivity index (χ3n) is 9.84. The molecule has 5 aromatic rings. The van der Waals surface area contributed by atoms with Crippen molar-refractivity contribution in [2.75, 3.05) is 26.5 Å². The van der Waals surface area contributed by atoms with E-state index in [4.69, 9.17) is 4.74 Å². The van der Waals surface area contributed by atoms with Gasteiger partial charge in [-0.1, -0.05) is 91.0 Å². The van der Waals surface area contributed by atoms with E-state index < -0.39 is 55.6 Å². The van der Waals surface area contributed by atoms with E-state index in [9.17, 15) is 39.6 Å². The van der Waals surface area contributed by atoms with Crippen molar-refractivity contribution in [2.45, 2.75) is 47.3 Å². The number of amides is 1. The summed E-state index contributed by atoms with van der Waals surface area (Å²) in [5.41, 5.74) is 3.00. The molecule has 1 amide bonds. The van der Waals surface area contributed by atoms with Gasteiger partial charge in [0.1, 0.15) is 10.9 Å². The number of esters is 1.